The molecule has 3 fully saturated rings. The van der Waals surface area contributed by atoms with Gasteiger partial charge in [0.15, 0.2) is 5.82 Å². The fourth-order valence-corrected chi connectivity index (χ4v) is 5.66. The Morgan fingerprint density at radius 2 is 2.13 bits per heavy atom. The van der Waals surface area contributed by atoms with Gasteiger partial charge in [0.25, 0.3) is 17.4 Å². The van der Waals surface area contributed by atoms with Crippen LogP contribution in [0.2, 0.25) is 5.02 Å². The second kappa shape index (κ2) is 9.54. The Kier molecular flexibility index (Phi) is 6.04. The number of methoxy groups -OCH3 is 1. The highest BCUT2D eigenvalue weighted by Gasteiger charge is 2.41. The highest BCUT2D eigenvalue weighted by atomic mass is 35.5. The van der Waals surface area contributed by atoms with Crippen LogP contribution < -0.4 is 15.5 Å². The third kappa shape index (κ3) is 4.27. The summed E-state index contributed by atoms with van der Waals surface area (Å²) in [6.45, 7) is 9.53. The smallest absolute Gasteiger partial charge is 0.409 e. The van der Waals surface area contributed by atoms with Crippen molar-refractivity contribution in [2.45, 2.75) is 37.8 Å². The molecule has 0 radical (unpaired) electrons. The Labute approximate surface area is 224 Å². The lowest BCUT2D eigenvalue weighted by Gasteiger charge is -2.39. The SMILES string of the molecule is [C-]#[N+]c1cnc2c(NC3CC3)nc(Nc3cc(C#N)cc(N4CCC5C(CCN5C(=O)OC)C4)c3Cl)nn12. The predicted molar refractivity (Wildman–Crippen MR) is 141 cm³/mol. The Hall–Kier alpha value is -4.29. The summed E-state index contributed by atoms with van der Waals surface area (Å²) in [5.41, 5.74) is 2.15. The van der Waals surface area contributed by atoms with Crippen molar-refractivity contribution < 1.29 is 9.53 Å². The topological polar surface area (TPSA) is 128 Å². The van der Waals surface area contributed by atoms with E-state index in [1.165, 1.54) is 17.8 Å². The number of nitrogens with zero attached hydrogens (tertiary/aromatic N) is 8. The first kappa shape index (κ1) is 24.1. The second-order valence-electron chi connectivity index (χ2n) is 9.77. The van der Waals surface area contributed by atoms with E-state index in [-0.39, 0.29) is 29.8 Å². The first-order valence-corrected chi connectivity index (χ1v) is 12.9. The van der Waals surface area contributed by atoms with E-state index in [4.69, 9.17) is 22.9 Å². The van der Waals surface area contributed by atoms with Crippen LogP contribution in [0.1, 0.15) is 31.2 Å². The number of hydrogen-bond donors (Lipinski definition) is 2. The number of nitrogens with one attached hydrogen (secondary N) is 2. The van der Waals surface area contributed by atoms with Gasteiger partial charge >= 0.3 is 6.09 Å². The number of amides is 1. The number of rotatable bonds is 5. The van der Waals surface area contributed by atoms with Gasteiger partial charge in [-0.15, -0.1) is 4.52 Å². The van der Waals surface area contributed by atoms with Crippen LogP contribution in [0.15, 0.2) is 18.3 Å². The lowest BCUT2D eigenvalue weighted by atomic mass is 9.92. The van der Waals surface area contributed by atoms with Crippen LogP contribution in [0.4, 0.5) is 33.8 Å². The zero-order chi connectivity index (χ0) is 26.4. The highest BCUT2D eigenvalue weighted by molar-refractivity contribution is 6.36. The first-order valence-electron chi connectivity index (χ1n) is 12.5. The first-order chi connectivity index (χ1) is 18.5. The van der Waals surface area contributed by atoms with Crippen LogP contribution in [0.25, 0.3) is 10.5 Å². The van der Waals surface area contributed by atoms with Gasteiger partial charge in [0.2, 0.25) is 0 Å². The van der Waals surface area contributed by atoms with Crippen LogP contribution in [-0.4, -0.2) is 69.4 Å². The molecule has 1 amide bonds. The molecule has 1 saturated carbocycles. The van der Waals surface area contributed by atoms with Gasteiger partial charge in [-0.2, -0.15) is 10.2 Å². The molecule has 4 heterocycles. The quantitative estimate of drug-likeness (QED) is 0.465. The van der Waals surface area contributed by atoms with Crippen LogP contribution in [0, 0.1) is 23.8 Å². The van der Waals surface area contributed by atoms with E-state index >= 15 is 0 Å². The number of halogens is 1. The van der Waals surface area contributed by atoms with E-state index in [2.05, 4.69) is 41.5 Å². The van der Waals surface area contributed by atoms with Crippen molar-refractivity contribution in [3.63, 3.8) is 0 Å². The summed E-state index contributed by atoms with van der Waals surface area (Å²) in [5, 5.41) is 21.2. The molecule has 12 nitrogen and oxygen atoms in total. The van der Waals surface area contributed by atoms with Gasteiger partial charge in [0.1, 0.15) is 0 Å². The molecule has 2 N–H and O–H groups in total. The number of likely N-dealkylation sites (tertiary alicyclic amines) is 1. The molecule has 1 aliphatic carbocycles. The lowest BCUT2D eigenvalue weighted by Crippen LogP contribution is -2.47. The van der Waals surface area contributed by atoms with Crippen molar-refractivity contribution >= 4 is 52.3 Å². The van der Waals surface area contributed by atoms with E-state index in [0.717, 1.165) is 31.4 Å². The van der Waals surface area contributed by atoms with Crippen LogP contribution in [0.5, 0.6) is 0 Å². The summed E-state index contributed by atoms with van der Waals surface area (Å²) in [5.74, 6) is 1.32. The summed E-state index contributed by atoms with van der Waals surface area (Å²) in [6.07, 6.45) is 4.94. The molecule has 3 aliphatic rings. The van der Waals surface area contributed by atoms with Crippen molar-refractivity contribution in [1.29, 1.82) is 5.26 Å². The average molecular weight is 533 g/mol. The number of carbonyl (C=O) groups is 1. The highest BCUT2D eigenvalue weighted by Crippen LogP contribution is 2.40. The summed E-state index contributed by atoms with van der Waals surface area (Å²) >= 11 is 6.92. The number of imidazole rings is 1. The molecule has 2 unspecified atom stereocenters. The minimum Gasteiger partial charge on any atom is -0.453 e. The maximum Gasteiger partial charge on any atom is 0.409 e. The van der Waals surface area contributed by atoms with Crippen molar-refractivity contribution in [3.05, 3.63) is 40.3 Å². The number of anilines is 4. The largest absolute Gasteiger partial charge is 0.453 e. The molecule has 2 saturated heterocycles. The number of benzene rings is 1. The number of nitriles is 1. The van der Waals surface area contributed by atoms with Crippen LogP contribution in [-0.2, 0) is 4.74 Å². The molecule has 2 aliphatic heterocycles. The molecule has 3 aromatic rings. The summed E-state index contributed by atoms with van der Waals surface area (Å²) < 4.78 is 6.41. The third-order valence-electron chi connectivity index (χ3n) is 7.39. The van der Waals surface area contributed by atoms with E-state index in [1.807, 2.05) is 4.90 Å². The van der Waals surface area contributed by atoms with Gasteiger partial charge < -0.3 is 30.0 Å². The number of ether oxygens (including phenoxy) is 1. The lowest BCUT2D eigenvalue weighted by molar-refractivity contribution is 0.110. The van der Waals surface area contributed by atoms with Crippen molar-refractivity contribution in [2.24, 2.45) is 5.92 Å². The average Bonchev–Trinajstić information content (AvgIpc) is 3.49. The molecular formula is C25H25ClN10O2. The molecule has 2 atom stereocenters. The van der Waals surface area contributed by atoms with Gasteiger partial charge in [0, 0.05) is 31.7 Å². The van der Waals surface area contributed by atoms with Gasteiger partial charge in [-0.1, -0.05) is 23.3 Å². The van der Waals surface area contributed by atoms with Gasteiger partial charge in [0.05, 0.1) is 41.3 Å². The minimum absolute atomic E-state index is 0.138. The van der Waals surface area contributed by atoms with Crippen molar-refractivity contribution in [3.8, 4) is 6.07 Å². The molecular weight excluding hydrogens is 508 g/mol. The predicted octanol–water partition coefficient (Wildman–Crippen LogP) is 4.19. The third-order valence-corrected chi connectivity index (χ3v) is 7.79. The molecule has 38 heavy (non-hydrogen) atoms. The normalized spacial score (nSPS) is 20.5. The molecule has 6 rings (SSSR count). The van der Waals surface area contributed by atoms with Crippen LogP contribution in [0.3, 0.4) is 0 Å². The summed E-state index contributed by atoms with van der Waals surface area (Å²) in [6, 6.07) is 6.13. The Balaban J connectivity index is 1.31. The van der Waals surface area contributed by atoms with E-state index < -0.39 is 0 Å². The molecule has 0 bridgehead atoms. The van der Waals surface area contributed by atoms with E-state index in [9.17, 15) is 10.1 Å². The number of aromatic nitrogens is 4. The zero-order valence-corrected chi connectivity index (χ0v) is 21.4. The number of carbonyl (C=O) groups excluding carboxylic acids is 1. The Morgan fingerprint density at radius 3 is 2.87 bits per heavy atom. The maximum absolute atomic E-state index is 12.2. The van der Waals surface area contributed by atoms with E-state index in [0.29, 0.717) is 53.4 Å². The zero-order valence-electron chi connectivity index (χ0n) is 20.7. The van der Waals surface area contributed by atoms with Crippen molar-refractivity contribution in [1.82, 2.24) is 24.5 Å². The van der Waals surface area contributed by atoms with Crippen molar-refractivity contribution in [2.75, 3.05) is 42.3 Å². The van der Waals surface area contributed by atoms with Gasteiger partial charge in [-0.25, -0.2) is 9.78 Å². The minimum atomic E-state index is -0.284. The Bertz CT molecular complexity index is 1500. The molecule has 0 spiro atoms. The van der Waals surface area contributed by atoms with Gasteiger partial charge in [-0.3, -0.25) is 0 Å². The van der Waals surface area contributed by atoms with Gasteiger partial charge in [-0.05, 0) is 43.7 Å². The number of hydrogen-bond acceptors (Lipinski definition) is 9. The number of fused-ring (bicyclic) bond motifs is 2. The fourth-order valence-electron chi connectivity index (χ4n) is 5.38. The second-order valence-corrected chi connectivity index (χ2v) is 10.2. The van der Waals surface area contributed by atoms with Crippen LogP contribution >= 0.6 is 11.6 Å². The maximum atomic E-state index is 12.2. The van der Waals surface area contributed by atoms with E-state index in [1.54, 1.807) is 12.1 Å². The monoisotopic (exact) mass is 532 g/mol. The molecule has 13 heteroatoms. The molecule has 2 aromatic heterocycles. The standard InChI is InChI=1S/C25H25ClN10O2/c1-28-20-12-29-23-22(30-16-3-4-16)32-24(33-36(20)23)31-17-9-14(11-27)10-19(21(17)26)34-7-6-18-15(13-34)5-8-35(18)25(37)38-2/h9-10,12,15-16,18H,3-8,13H2,2H3,(H2,30,31,32,33). The number of piperidine rings is 1. The summed E-state index contributed by atoms with van der Waals surface area (Å²) in [7, 11) is 1.41. The Morgan fingerprint density at radius 1 is 1.29 bits per heavy atom. The molecule has 194 valence electrons. The molecule has 1 aromatic carbocycles. The fraction of sp³-hybridized carbons (Fsp3) is 0.440. The summed E-state index contributed by atoms with van der Waals surface area (Å²) in [4.78, 5) is 28.6.